The molecule has 1 atom stereocenters. The zero-order valence-corrected chi connectivity index (χ0v) is 14.7. The summed E-state index contributed by atoms with van der Waals surface area (Å²) in [4.78, 5) is 28.0. The highest BCUT2D eigenvalue weighted by Crippen LogP contribution is 2.41. The molecule has 0 aliphatic heterocycles. The second-order valence-electron chi connectivity index (χ2n) is 6.40. The number of rotatable bonds is 3. The van der Waals surface area contributed by atoms with Gasteiger partial charge in [-0.1, -0.05) is 11.6 Å². The van der Waals surface area contributed by atoms with Gasteiger partial charge >= 0.3 is 11.9 Å². The van der Waals surface area contributed by atoms with Gasteiger partial charge in [-0.3, -0.25) is 9.59 Å². The van der Waals surface area contributed by atoms with Gasteiger partial charge in [-0.2, -0.15) is 0 Å². The first-order valence-corrected chi connectivity index (χ1v) is 8.25. The summed E-state index contributed by atoms with van der Waals surface area (Å²) in [5, 5.41) is 1.80. The third-order valence-corrected chi connectivity index (χ3v) is 5.42. The Morgan fingerprint density at radius 2 is 1.92 bits per heavy atom. The molecule has 0 radical (unpaired) electrons. The van der Waals surface area contributed by atoms with Crippen molar-refractivity contribution in [2.24, 2.45) is 11.3 Å². The van der Waals surface area contributed by atoms with Crippen molar-refractivity contribution in [2.75, 3.05) is 14.2 Å². The van der Waals surface area contributed by atoms with Crippen molar-refractivity contribution >= 4 is 34.4 Å². The van der Waals surface area contributed by atoms with Crippen molar-refractivity contribution < 1.29 is 19.1 Å². The van der Waals surface area contributed by atoms with Crippen LogP contribution in [0.25, 0.3) is 10.9 Å². The van der Waals surface area contributed by atoms with Crippen LogP contribution in [-0.2, 0) is 31.9 Å². The first-order valence-electron chi connectivity index (χ1n) is 7.87. The Balaban J connectivity index is 2.00. The predicted molar refractivity (Wildman–Crippen MR) is 91.0 cm³/mol. The first-order chi connectivity index (χ1) is 11.4. The van der Waals surface area contributed by atoms with Crippen molar-refractivity contribution in [3.8, 4) is 0 Å². The highest BCUT2D eigenvalue weighted by atomic mass is 35.5. The summed E-state index contributed by atoms with van der Waals surface area (Å²) in [6.07, 6.45) is 2.05. The second-order valence-corrected chi connectivity index (χ2v) is 6.83. The molecule has 5 nitrogen and oxygen atoms in total. The van der Waals surface area contributed by atoms with E-state index in [4.69, 9.17) is 21.1 Å². The third-order valence-electron chi connectivity index (χ3n) is 5.19. The van der Waals surface area contributed by atoms with Crippen LogP contribution >= 0.6 is 11.6 Å². The van der Waals surface area contributed by atoms with Crippen LogP contribution in [0.4, 0.5) is 0 Å². The number of esters is 2. The van der Waals surface area contributed by atoms with Crippen molar-refractivity contribution in [1.82, 2.24) is 4.98 Å². The molecule has 1 aliphatic rings. The largest absolute Gasteiger partial charge is 0.468 e. The molecule has 2 aromatic rings. The van der Waals surface area contributed by atoms with Gasteiger partial charge in [0.15, 0.2) is 5.41 Å². The molecule has 0 spiro atoms. The lowest BCUT2D eigenvalue weighted by molar-refractivity contribution is -0.172. The highest BCUT2D eigenvalue weighted by molar-refractivity contribution is 6.31. The summed E-state index contributed by atoms with van der Waals surface area (Å²) in [5.41, 5.74) is 1.96. The fourth-order valence-corrected chi connectivity index (χ4v) is 3.91. The lowest BCUT2D eigenvalue weighted by atomic mass is 9.69. The van der Waals surface area contributed by atoms with E-state index >= 15 is 0 Å². The number of aromatic nitrogens is 1. The zero-order valence-electron chi connectivity index (χ0n) is 13.9. The van der Waals surface area contributed by atoms with Crippen molar-refractivity contribution in [2.45, 2.75) is 26.2 Å². The lowest BCUT2D eigenvalue weighted by Crippen LogP contribution is -2.46. The number of nitrogens with one attached hydrogen (secondary N) is 1. The van der Waals surface area contributed by atoms with E-state index in [1.807, 2.05) is 18.2 Å². The van der Waals surface area contributed by atoms with Crippen molar-refractivity contribution in [3.63, 3.8) is 0 Å². The van der Waals surface area contributed by atoms with E-state index in [1.54, 1.807) is 6.92 Å². The summed E-state index contributed by atoms with van der Waals surface area (Å²) in [5.74, 6) is -1.29. The summed E-state index contributed by atoms with van der Waals surface area (Å²) in [6.45, 7) is 1.61. The molecule has 1 heterocycles. The Kier molecular flexibility index (Phi) is 4.30. The van der Waals surface area contributed by atoms with Crippen molar-refractivity contribution in [3.05, 3.63) is 34.5 Å². The number of carbonyl (C=O) groups excluding carboxylic acids is 2. The van der Waals surface area contributed by atoms with E-state index in [1.165, 1.54) is 19.8 Å². The van der Waals surface area contributed by atoms with E-state index in [-0.39, 0.29) is 5.92 Å². The molecule has 1 aliphatic carbocycles. The smallest absolute Gasteiger partial charge is 0.323 e. The molecule has 24 heavy (non-hydrogen) atoms. The van der Waals surface area contributed by atoms with Crippen LogP contribution in [0.5, 0.6) is 0 Å². The Bertz CT molecular complexity index is 795. The minimum Gasteiger partial charge on any atom is -0.468 e. The SMILES string of the molecule is COC(=O)C(C)(C(=O)OC)C1CCc2c([nH]c3ccc(Cl)cc23)C1. The van der Waals surface area contributed by atoms with Gasteiger partial charge in [-0.25, -0.2) is 0 Å². The number of fused-ring (bicyclic) bond motifs is 3. The van der Waals surface area contributed by atoms with Gasteiger partial charge in [-0.05, 0) is 55.9 Å². The van der Waals surface area contributed by atoms with Gasteiger partial charge in [0.2, 0.25) is 0 Å². The van der Waals surface area contributed by atoms with Crippen LogP contribution in [0.3, 0.4) is 0 Å². The van der Waals surface area contributed by atoms with Crippen LogP contribution < -0.4 is 0 Å². The molecule has 1 aromatic carbocycles. The number of carbonyl (C=O) groups is 2. The van der Waals surface area contributed by atoms with Crippen molar-refractivity contribution in [1.29, 1.82) is 0 Å². The van der Waals surface area contributed by atoms with E-state index in [9.17, 15) is 9.59 Å². The van der Waals surface area contributed by atoms with Gasteiger partial charge in [0.25, 0.3) is 0 Å². The van der Waals surface area contributed by atoms with E-state index in [2.05, 4.69) is 4.98 Å². The standard InChI is InChI=1S/C18H20ClNO4/c1-18(16(21)23-2,17(22)24-3)10-4-6-12-13-9-11(19)5-7-14(13)20-15(12)8-10/h5,7,9-10,20H,4,6,8H2,1-3H3. The average Bonchev–Trinajstić information content (AvgIpc) is 2.96. The van der Waals surface area contributed by atoms with E-state index in [0.29, 0.717) is 17.9 Å². The number of H-pyrrole nitrogens is 1. The summed E-state index contributed by atoms with van der Waals surface area (Å²) >= 11 is 6.10. The normalized spacial score (nSPS) is 17.4. The molecular formula is C18H20ClNO4. The quantitative estimate of drug-likeness (QED) is 0.682. The van der Waals surface area contributed by atoms with Gasteiger partial charge in [0.05, 0.1) is 14.2 Å². The number of aryl methyl sites for hydroxylation is 1. The predicted octanol–water partition coefficient (Wildman–Crippen LogP) is 3.28. The van der Waals surface area contributed by atoms with Crippen LogP contribution in [0, 0.1) is 11.3 Å². The van der Waals surface area contributed by atoms with Gasteiger partial charge < -0.3 is 14.5 Å². The molecular weight excluding hydrogens is 330 g/mol. The first kappa shape index (κ1) is 16.8. The number of hydrogen-bond acceptors (Lipinski definition) is 4. The van der Waals surface area contributed by atoms with Gasteiger partial charge in [0, 0.05) is 21.6 Å². The summed E-state index contributed by atoms with van der Waals surface area (Å²) < 4.78 is 9.77. The molecule has 0 saturated heterocycles. The monoisotopic (exact) mass is 349 g/mol. The topological polar surface area (TPSA) is 68.4 Å². The molecule has 0 bridgehead atoms. The maximum atomic E-state index is 12.3. The number of ether oxygens (including phenoxy) is 2. The minimum atomic E-state index is -1.31. The molecule has 0 amide bonds. The summed E-state index contributed by atoms with van der Waals surface area (Å²) in [7, 11) is 2.59. The molecule has 6 heteroatoms. The lowest BCUT2D eigenvalue weighted by Gasteiger charge is -2.35. The van der Waals surface area contributed by atoms with E-state index in [0.717, 1.165) is 23.0 Å². The number of methoxy groups -OCH3 is 2. The highest BCUT2D eigenvalue weighted by Gasteiger charge is 2.51. The van der Waals surface area contributed by atoms with Crippen LogP contribution in [0.2, 0.25) is 5.02 Å². The Hall–Kier alpha value is -2.01. The Labute approximate surface area is 145 Å². The maximum absolute atomic E-state index is 12.3. The number of aromatic amines is 1. The Morgan fingerprint density at radius 1 is 1.25 bits per heavy atom. The molecule has 128 valence electrons. The molecule has 3 rings (SSSR count). The molecule has 1 aromatic heterocycles. The van der Waals surface area contributed by atoms with Crippen LogP contribution in [0.15, 0.2) is 18.2 Å². The van der Waals surface area contributed by atoms with Crippen LogP contribution in [-0.4, -0.2) is 31.1 Å². The number of benzene rings is 1. The third kappa shape index (κ3) is 2.47. The molecule has 1 unspecified atom stereocenters. The average molecular weight is 350 g/mol. The fourth-order valence-electron chi connectivity index (χ4n) is 3.74. The zero-order chi connectivity index (χ0) is 17.5. The van der Waals surface area contributed by atoms with Gasteiger partial charge in [-0.15, -0.1) is 0 Å². The minimum absolute atomic E-state index is 0.187. The maximum Gasteiger partial charge on any atom is 0.323 e. The summed E-state index contributed by atoms with van der Waals surface area (Å²) in [6, 6.07) is 5.74. The molecule has 0 fully saturated rings. The van der Waals surface area contributed by atoms with Crippen LogP contribution in [0.1, 0.15) is 24.6 Å². The molecule has 1 N–H and O–H groups in total. The number of hydrogen-bond donors (Lipinski definition) is 1. The Morgan fingerprint density at radius 3 is 2.54 bits per heavy atom. The second kappa shape index (κ2) is 6.13. The fraction of sp³-hybridized carbons (Fsp3) is 0.444. The molecule has 0 saturated carbocycles. The van der Waals surface area contributed by atoms with E-state index < -0.39 is 17.4 Å². The van der Waals surface area contributed by atoms with Gasteiger partial charge in [0.1, 0.15) is 0 Å². The number of halogens is 1.